The maximum Gasteiger partial charge on any atom is 0.378 e. The van der Waals surface area contributed by atoms with Crippen LogP contribution in [-0.4, -0.2) is 18.9 Å². The van der Waals surface area contributed by atoms with Gasteiger partial charge in [-0.25, -0.2) is 9.18 Å². The fourth-order valence-electron chi connectivity index (χ4n) is 1.42. The summed E-state index contributed by atoms with van der Waals surface area (Å²) in [6.07, 6.45) is 2.35. The number of rotatable bonds is 5. The Hall–Kier alpha value is -2.89. The van der Waals surface area contributed by atoms with Crippen molar-refractivity contribution in [2.24, 2.45) is 0 Å². The standard InChI is InChI=1S/C15H11FO5/c1-19-15(18)13(17)8-6-12-7-9-14(21-12)20-11-4-2-10(16)3-5-11/h2-9H,1H3/b8-6-. The molecule has 0 atom stereocenters. The lowest BCUT2D eigenvalue weighted by atomic mass is 10.3. The van der Waals surface area contributed by atoms with E-state index < -0.39 is 11.8 Å². The molecule has 0 amide bonds. The smallest absolute Gasteiger partial charge is 0.378 e. The highest BCUT2D eigenvalue weighted by Crippen LogP contribution is 2.24. The van der Waals surface area contributed by atoms with Gasteiger partial charge in [-0.2, -0.15) is 0 Å². The first-order valence-electron chi connectivity index (χ1n) is 5.92. The molecule has 1 aromatic heterocycles. The predicted octanol–water partition coefficient (Wildman–Crippen LogP) is 2.97. The van der Waals surface area contributed by atoms with Gasteiger partial charge in [0.1, 0.15) is 17.3 Å². The van der Waals surface area contributed by atoms with E-state index in [0.717, 1.165) is 13.2 Å². The minimum atomic E-state index is -0.958. The molecule has 0 spiro atoms. The molecule has 2 rings (SSSR count). The SMILES string of the molecule is COC(=O)C(=O)/C=C\c1ccc(Oc2ccc(F)cc2)o1. The largest absolute Gasteiger partial charge is 0.463 e. The van der Waals surface area contributed by atoms with E-state index in [0.29, 0.717) is 11.5 Å². The summed E-state index contributed by atoms with van der Waals surface area (Å²) in [5.74, 6) is -1.22. The van der Waals surface area contributed by atoms with Crippen LogP contribution < -0.4 is 4.74 Å². The molecule has 2 aromatic rings. The van der Waals surface area contributed by atoms with Gasteiger partial charge < -0.3 is 13.9 Å². The summed E-state index contributed by atoms with van der Waals surface area (Å²) in [5, 5.41) is 0. The molecule has 0 radical (unpaired) electrons. The summed E-state index contributed by atoms with van der Waals surface area (Å²) in [4.78, 5) is 22.1. The minimum absolute atomic E-state index is 0.173. The van der Waals surface area contributed by atoms with Gasteiger partial charge in [0.2, 0.25) is 0 Å². The number of halogens is 1. The Kier molecular flexibility index (Phi) is 4.50. The summed E-state index contributed by atoms with van der Waals surface area (Å²) < 4.78 is 27.6. The Bertz CT molecular complexity index is 670. The molecule has 0 aliphatic rings. The van der Waals surface area contributed by atoms with Crippen LogP contribution in [0.1, 0.15) is 5.76 Å². The highest BCUT2D eigenvalue weighted by molar-refractivity contribution is 6.39. The second-order valence-electron chi connectivity index (χ2n) is 3.90. The van der Waals surface area contributed by atoms with Crippen molar-refractivity contribution in [3.63, 3.8) is 0 Å². The third-order valence-electron chi connectivity index (χ3n) is 2.42. The second-order valence-corrected chi connectivity index (χ2v) is 3.90. The fourth-order valence-corrected chi connectivity index (χ4v) is 1.42. The van der Waals surface area contributed by atoms with Crippen LogP contribution in [-0.2, 0) is 14.3 Å². The average Bonchev–Trinajstić information content (AvgIpc) is 2.94. The fraction of sp³-hybridized carbons (Fsp3) is 0.0667. The molecule has 0 aliphatic heterocycles. The molecule has 0 N–H and O–H groups in total. The highest BCUT2D eigenvalue weighted by atomic mass is 19.1. The molecule has 1 aromatic carbocycles. The highest BCUT2D eigenvalue weighted by Gasteiger charge is 2.09. The van der Waals surface area contributed by atoms with E-state index >= 15 is 0 Å². The van der Waals surface area contributed by atoms with Crippen LogP contribution in [0.2, 0.25) is 0 Å². The molecule has 0 saturated heterocycles. The average molecular weight is 290 g/mol. The molecule has 21 heavy (non-hydrogen) atoms. The first-order valence-corrected chi connectivity index (χ1v) is 5.92. The van der Waals surface area contributed by atoms with E-state index in [1.807, 2.05) is 0 Å². The molecular formula is C15H11FO5. The Labute approximate surface area is 119 Å². The maximum atomic E-state index is 12.7. The van der Waals surface area contributed by atoms with Crippen molar-refractivity contribution in [3.8, 4) is 11.7 Å². The van der Waals surface area contributed by atoms with Crippen LogP contribution in [0.15, 0.2) is 46.9 Å². The number of hydrogen-bond acceptors (Lipinski definition) is 5. The van der Waals surface area contributed by atoms with Crippen LogP contribution in [0.25, 0.3) is 6.08 Å². The van der Waals surface area contributed by atoms with Gasteiger partial charge in [0.25, 0.3) is 11.7 Å². The van der Waals surface area contributed by atoms with E-state index in [4.69, 9.17) is 9.15 Å². The maximum absolute atomic E-state index is 12.7. The minimum Gasteiger partial charge on any atom is -0.463 e. The molecule has 0 aliphatic carbocycles. The van der Waals surface area contributed by atoms with Gasteiger partial charge >= 0.3 is 5.97 Å². The molecular weight excluding hydrogens is 279 g/mol. The van der Waals surface area contributed by atoms with E-state index in [1.165, 1.54) is 36.4 Å². The van der Waals surface area contributed by atoms with Crippen LogP contribution in [0.5, 0.6) is 11.7 Å². The number of ether oxygens (including phenoxy) is 2. The first kappa shape index (κ1) is 14.5. The van der Waals surface area contributed by atoms with Gasteiger partial charge in [0.15, 0.2) is 0 Å². The number of carbonyl (C=O) groups excluding carboxylic acids is 2. The van der Waals surface area contributed by atoms with E-state index in [9.17, 15) is 14.0 Å². The molecule has 5 nitrogen and oxygen atoms in total. The van der Waals surface area contributed by atoms with Gasteiger partial charge in [-0.1, -0.05) is 0 Å². The normalized spacial score (nSPS) is 10.6. The molecule has 1 heterocycles. The molecule has 0 bridgehead atoms. The first-order chi connectivity index (χ1) is 10.1. The quantitative estimate of drug-likeness (QED) is 0.481. The van der Waals surface area contributed by atoms with Crippen molar-refractivity contribution in [2.45, 2.75) is 0 Å². The molecule has 108 valence electrons. The molecule has 0 fully saturated rings. The summed E-state index contributed by atoms with van der Waals surface area (Å²) in [6.45, 7) is 0. The van der Waals surface area contributed by atoms with Crippen molar-refractivity contribution >= 4 is 17.8 Å². The lowest BCUT2D eigenvalue weighted by molar-refractivity contribution is -0.149. The Morgan fingerprint density at radius 1 is 1.14 bits per heavy atom. The molecule has 6 heteroatoms. The van der Waals surface area contributed by atoms with Crippen molar-refractivity contribution in [3.05, 3.63) is 54.1 Å². The zero-order valence-corrected chi connectivity index (χ0v) is 11.0. The van der Waals surface area contributed by atoms with Gasteiger partial charge in [0.05, 0.1) is 7.11 Å². The zero-order valence-electron chi connectivity index (χ0n) is 11.0. The van der Waals surface area contributed by atoms with E-state index in [-0.39, 0.29) is 11.8 Å². The summed E-state index contributed by atoms with van der Waals surface area (Å²) in [7, 11) is 1.12. The van der Waals surface area contributed by atoms with Crippen LogP contribution >= 0.6 is 0 Å². The van der Waals surface area contributed by atoms with Gasteiger partial charge in [0, 0.05) is 6.07 Å². The number of esters is 1. The predicted molar refractivity (Wildman–Crippen MR) is 71.2 cm³/mol. The van der Waals surface area contributed by atoms with Gasteiger partial charge in [-0.05, 0) is 42.5 Å². The Morgan fingerprint density at radius 3 is 2.52 bits per heavy atom. The number of hydrogen-bond donors (Lipinski definition) is 0. The topological polar surface area (TPSA) is 65.7 Å². The third kappa shape index (κ3) is 4.04. The lowest BCUT2D eigenvalue weighted by Crippen LogP contribution is -2.11. The number of carbonyl (C=O) groups is 2. The zero-order chi connectivity index (χ0) is 15.2. The number of benzene rings is 1. The lowest BCUT2D eigenvalue weighted by Gasteiger charge is -2.00. The van der Waals surface area contributed by atoms with Gasteiger partial charge in [-0.15, -0.1) is 0 Å². The van der Waals surface area contributed by atoms with Crippen molar-refractivity contribution < 1.29 is 27.9 Å². The van der Waals surface area contributed by atoms with Crippen molar-refractivity contribution in [1.29, 1.82) is 0 Å². The molecule has 0 unspecified atom stereocenters. The Morgan fingerprint density at radius 2 is 1.86 bits per heavy atom. The van der Waals surface area contributed by atoms with E-state index in [2.05, 4.69) is 4.74 Å². The summed E-state index contributed by atoms with van der Waals surface area (Å²) >= 11 is 0. The summed E-state index contributed by atoms with van der Waals surface area (Å²) in [5.41, 5.74) is 0. The van der Waals surface area contributed by atoms with Crippen LogP contribution in [0, 0.1) is 5.82 Å². The third-order valence-corrected chi connectivity index (χ3v) is 2.42. The van der Waals surface area contributed by atoms with Crippen molar-refractivity contribution in [1.82, 2.24) is 0 Å². The second kappa shape index (κ2) is 6.51. The number of furan rings is 1. The van der Waals surface area contributed by atoms with E-state index in [1.54, 1.807) is 6.07 Å². The number of ketones is 1. The van der Waals surface area contributed by atoms with Crippen LogP contribution in [0.4, 0.5) is 4.39 Å². The molecule has 0 saturated carbocycles. The van der Waals surface area contributed by atoms with Crippen LogP contribution in [0.3, 0.4) is 0 Å². The Balaban J connectivity index is 2.01. The summed E-state index contributed by atoms with van der Waals surface area (Å²) in [6, 6.07) is 8.51. The monoisotopic (exact) mass is 290 g/mol. The number of methoxy groups -OCH3 is 1. The van der Waals surface area contributed by atoms with Gasteiger partial charge in [-0.3, -0.25) is 4.79 Å². The van der Waals surface area contributed by atoms with Crippen molar-refractivity contribution in [2.75, 3.05) is 7.11 Å².